The molecule has 0 saturated carbocycles. The van der Waals surface area contributed by atoms with Gasteiger partial charge in [0.2, 0.25) is 6.29 Å². The second kappa shape index (κ2) is 28.7. The summed E-state index contributed by atoms with van der Waals surface area (Å²) in [6.45, 7) is 27.1. The van der Waals surface area contributed by atoms with E-state index >= 15 is 0 Å². The quantitative estimate of drug-likeness (QED) is 0.0977. The number of carboxylic acid groups (broad SMARTS) is 1. The second-order valence-corrected chi connectivity index (χ2v) is 37.2. The minimum atomic E-state index is -4.64. The van der Waals surface area contributed by atoms with Gasteiger partial charge in [0.15, 0.2) is 16.6 Å². The van der Waals surface area contributed by atoms with Gasteiger partial charge in [-0.3, -0.25) is 37.4 Å². The molecule has 2 unspecified atom stereocenters. The number of hydrogen-bond acceptors (Lipinski definition) is 10. The van der Waals surface area contributed by atoms with Crippen molar-refractivity contribution in [2.24, 2.45) is 0 Å². The molecule has 6 heterocycles. The molecule has 0 fully saturated rings. The van der Waals surface area contributed by atoms with Crippen molar-refractivity contribution in [2.75, 3.05) is 26.2 Å². The van der Waals surface area contributed by atoms with Gasteiger partial charge >= 0.3 is 23.5 Å². The Kier molecular flexibility index (Phi) is 22.8. The van der Waals surface area contributed by atoms with Crippen molar-refractivity contribution in [1.29, 1.82) is 0 Å². The first-order valence-electron chi connectivity index (χ1n) is 28.8. The molecule has 0 spiro atoms. The predicted molar refractivity (Wildman–Crippen MR) is 348 cm³/mol. The molecule has 6 aromatic rings. The highest BCUT2D eigenvalue weighted by Crippen LogP contribution is 2.40. The zero-order valence-electron chi connectivity index (χ0n) is 51.4. The van der Waals surface area contributed by atoms with Crippen LogP contribution in [0, 0.1) is 0 Å². The van der Waals surface area contributed by atoms with Crippen molar-refractivity contribution in [3.05, 3.63) is 182 Å². The molecule has 0 bridgehead atoms. The zero-order valence-corrected chi connectivity index (χ0v) is 58.0. The fraction of sp³-hybridized carbons (Fsp3) is 0.435. The summed E-state index contributed by atoms with van der Waals surface area (Å²) in [6.07, 6.45) is -6.26. The van der Waals surface area contributed by atoms with Gasteiger partial charge < -0.3 is 34.0 Å². The maximum Gasteiger partial charge on any atom is 0.446 e. The Labute approximate surface area is 544 Å². The second-order valence-electron chi connectivity index (χ2n) is 25.1. The summed E-state index contributed by atoms with van der Waals surface area (Å²) < 4.78 is 52.9. The molecule has 4 aromatic carbocycles. The zero-order chi connectivity index (χ0) is 65.7. The molecule has 2 atom stereocenters. The van der Waals surface area contributed by atoms with Gasteiger partial charge in [-0.15, -0.1) is 0 Å². The van der Waals surface area contributed by atoms with Crippen LogP contribution in [0.5, 0.6) is 0 Å². The van der Waals surface area contributed by atoms with Crippen LogP contribution in [0.3, 0.4) is 0 Å². The SMILES string of the molecule is CC(C)(C)[Si](C)(C)OC1CN(Cc2ccccc2)C(=O)c2c3n(c(=O)n2C1)CCN(C(=O)c1ccc(Br)c(Cl)c1)C3.CC(C)(C)[Si](C)(C)OC1CN(Cc2ccccc2)C(=O)c2c3n(c(=O)n2C1)CCNC3.O=C(O)c1ccc(Br)c(Cl)c1.O=CC(F)(F)F. The topological polar surface area (TPSA) is 200 Å². The summed E-state index contributed by atoms with van der Waals surface area (Å²) in [7, 11) is -4.29. The lowest BCUT2D eigenvalue weighted by Gasteiger charge is -2.39. The number of carbonyl (C=O) groups is 5. The van der Waals surface area contributed by atoms with Crippen LogP contribution in [0.15, 0.2) is 116 Å². The summed E-state index contributed by atoms with van der Waals surface area (Å²) in [4.78, 5) is 92.8. The van der Waals surface area contributed by atoms with Gasteiger partial charge in [0.1, 0.15) is 11.4 Å². The maximum atomic E-state index is 14.2. The molecule has 3 amide bonds. The molecular formula is C62H75Br2Cl2F3N8O10Si2. The lowest BCUT2D eigenvalue weighted by atomic mass is 10.1. The van der Waals surface area contributed by atoms with E-state index in [0.29, 0.717) is 101 Å². The van der Waals surface area contributed by atoms with E-state index in [9.17, 15) is 41.9 Å². The monoisotopic (exact) mass is 1430 g/mol. The molecule has 10 rings (SSSR count). The Bertz CT molecular complexity index is 3700. The highest BCUT2D eigenvalue weighted by molar-refractivity contribution is 9.10. The number of fused-ring (bicyclic) bond motifs is 6. The molecule has 0 radical (unpaired) electrons. The first-order valence-corrected chi connectivity index (χ1v) is 37.0. The average Bonchev–Trinajstić information content (AvgIpc) is 1.62. The number of imidazole rings is 2. The van der Waals surface area contributed by atoms with Crippen molar-refractivity contribution in [3.8, 4) is 0 Å². The third-order valence-corrected chi connectivity index (χ3v) is 28.3. The number of benzene rings is 4. The molecule has 4 aliphatic rings. The number of nitrogens with zero attached hydrogens (tertiary/aromatic N) is 7. The minimum absolute atomic E-state index is 0.0296. The summed E-state index contributed by atoms with van der Waals surface area (Å²) >= 11 is 18.4. The van der Waals surface area contributed by atoms with Gasteiger partial charge in [0.25, 0.3) is 17.7 Å². The van der Waals surface area contributed by atoms with Crippen LogP contribution < -0.4 is 16.7 Å². The maximum absolute atomic E-state index is 14.2. The van der Waals surface area contributed by atoms with Gasteiger partial charge in [0, 0.05) is 73.4 Å². The average molecular weight is 1440 g/mol. The first-order chi connectivity index (χ1) is 41.5. The number of aromatic carboxylic acids is 1. The number of aldehydes is 1. The molecule has 4 aliphatic heterocycles. The Morgan fingerprint density at radius 1 is 0.629 bits per heavy atom. The number of hydrogen-bond donors (Lipinski definition) is 2. The Morgan fingerprint density at radius 2 is 1.04 bits per heavy atom. The van der Waals surface area contributed by atoms with Crippen molar-refractivity contribution in [1.82, 2.24) is 38.3 Å². The van der Waals surface area contributed by atoms with E-state index < -0.39 is 35.1 Å². The first kappa shape index (κ1) is 70.5. The van der Waals surface area contributed by atoms with Crippen LogP contribution in [-0.2, 0) is 66.0 Å². The van der Waals surface area contributed by atoms with E-state index in [-0.39, 0.29) is 70.0 Å². The fourth-order valence-electron chi connectivity index (χ4n) is 10.1. The smallest absolute Gasteiger partial charge is 0.446 e. The summed E-state index contributed by atoms with van der Waals surface area (Å²) in [6, 6.07) is 29.4. The minimum Gasteiger partial charge on any atom is -0.478 e. The van der Waals surface area contributed by atoms with Gasteiger partial charge in [-0.05, 0) is 116 Å². The Hall–Kier alpha value is -5.91. The van der Waals surface area contributed by atoms with Gasteiger partial charge in [-0.25, -0.2) is 14.4 Å². The molecular weight excluding hydrogens is 1360 g/mol. The lowest BCUT2D eigenvalue weighted by Crippen LogP contribution is -2.48. The molecule has 0 saturated heterocycles. The van der Waals surface area contributed by atoms with Crippen LogP contribution >= 0.6 is 55.1 Å². The molecule has 480 valence electrons. The number of rotatable bonds is 10. The third kappa shape index (κ3) is 17.2. The molecule has 0 aliphatic carbocycles. The van der Waals surface area contributed by atoms with Gasteiger partial charge in [-0.1, -0.05) is 125 Å². The number of aromatic nitrogens is 4. The van der Waals surface area contributed by atoms with Gasteiger partial charge in [0.05, 0.1) is 58.8 Å². The highest BCUT2D eigenvalue weighted by atomic mass is 79.9. The van der Waals surface area contributed by atoms with Gasteiger partial charge in [-0.2, -0.15) is 13.2 Å². The van der Waals surface area contributed by atoms with E-state index in [4.69, 9.17) is 42.0 Å². The number of carbonyl (C=O) groups excluding carboxylic acids is 4. The molecule has 2 N–H and O–H groups in total. The number of alkyl halides is 3. The molecule has 27 heteroatoms. The van der Waals surface area contributed by atoms with Crippen LogP contribution in [-0.4, -0.2) is 129 Å². The van der Waals surface area contributed by atoms with Crippen LogP contribution in [0.1, 0.15) is 106 Å². The van der Waals surface area contributed by atoms with E-state index in [1.165, 1.54) is 12.1 Å². The van der Waals surface area contributed by atoms with Crippen molar-refractivity contribution in [3.63, 3.8) is 0 Å². The predicted octanol–water partition coefficient (Wildman–Crippen LogP) is 12.1. The summed E-state index contributed by atoms with van der Waals surface area (Å²) in [5.74, 6) is -1.47. The largest absolute Gasteiger partial charge is 0.478 e. The number of halogens is 7. The summed E-state index contributed by atoms with van der Waals surface area (Å²) in [5, 5.41) is 12.7. The van der Waals surface area contributed by atoms with Crippen LogP contribution in [0.2, 0.25) is 46.3 Å². The highest BCUT2D eigenvalue weighted by Gasteiger charge is 2.45. The van der Waals surface area contributed by atoms with Crippen LogP contribution in [0.25, 0.3) is 0 Å². The van der Waals surface area contributed by atoms with Crippen molar-refractivity contribution in [2.45, 2.75) is 149 Å². The van der Waals surface area contributed by atoms with Crippen molar-refractivity contribution >= 4 is 102 Å². The van der Waals surface area contributed by atoms with E-state index in [1.54, 1.807) is 52.3 Å². The van der Waals surface area contributed by atoms with E-state index in [2.05, 4.69) is 105 Å². The Balaban J connectivity index is 0.000000205. The van der Waals surface area contributed by atoms with Crippen molar-refractivity contribution < 1.29 is 51.1 Å². The standard InChI is InChI=1S/C30H36BrClN4O4Si.C23H34N4O3Si.C7H4BrClO2.C2HF3O/c1-30(2,3)41(4,5)40-22-17-34(16-20-9-7-6-8-10-20)28(38)26-25-19-33(13-14-35(25)29(39)36(26)18-22)27(37)21-11-12-23(31)24(32)15-21;1-23(2,3)31(4,5)30-18-15-25(14-17-9-7-6-8-10-17)21(28)20-19-13-24-11-12-26(19)22(29)27(20)16-18;8-5-2-1-4(7(10)11)3-6(5)9;3-2(4,5)1-6/h6-12,15,22H,13-14,16-19H2,1-5H3;6-10,18,24H,11-16H2,1-5H3;1-3H,(H,10,11);1H. The molecule has 18 nitrogen and oxygen atoms in total. The van der Waals surface area contributed by atoms with Crippen LogP contribution in [0.4, 0.5) is 13.2 Å². The summed E-state index contributed by atoms with van der Waals surface area (Å²) in [5.41, 5.74) is 4.63. The lowest BCUT2D eigenvalue weighted by molar-refractivity contribution is -0.156. The van der Waals surface area contributed by atoms with E-state index in [0.717, 1.165) is 23.4 Å². The number of nitrogens with one attached hydrogen (secondary N) is 1. The fourth-order valence-corrected chi connectivity index (χ4v) is 13.6. The number of amides is 3. The molecule has 2 aromatic heterocycles. The third-order valence-electron chi connectivity index (χ3n) is 16.7. The Morgan fingerprint density at radius 3 is 1.46 bits per heavy atom. The van der Waals surface area contributed by atoms with E-state index in [1.807, 2.05) is 65.6 Å². The number of carboxylic acids is 1. The molecule has 89 heavy (non-hydrogen) atoms. The normalized spacial score (nSPS) is 17.0.